The van der Waals surface area contributed by atoms with Gasteiger partial charge in [0.1, 0.15) is 0 Å². The normalized spacial score (nSPS) is 13.3. The minimum Gasteiger partial charge on any atom is -0.463 e. The lowest BCUT2D eigenvalue weighted by atomic mass is 9.98. The molecule has 0 aromatic heterocycles. The monoisotopic (exact) mass is 353 g/mol. The summed E-state index contributed by atoms with van der Waals surface area (Å²) < 4.78 is 15.9. The van der Waals surface area contributed by atoms with Crippen molar-refractivity contribution in [1.29, 1.82) is 0 Å². The summed E-state index contributed by atoms with van der Waals surface area (Å²) in [5.41, 5.74) is 2.62. The van der Waals surface area contributed by atoms with Crippen LogP contribution in [0.15, 0.2) is 60.7 Å². The van der Waals surface area contributed by atoms with Crippen molar-refractivity contribution in [2.45, 2.75) is 25.9 Å². The first-order valence-electron chi connectivity index (χ1n) is 8.69. The van der Waals surface area contributed by atoms with Crippen molar-refractivity contribution >= 4 is 5.97 Å². The van der Waals surface area contributed by atoms with Gasteiger partial charge in [-0.3, -0.25) is 0 Å². The molecular weight excluding hydrogens is 330 g/mol. The van der Waals surface area contributed by atoms with E-state index in [9.17, 15) is 4.79 Å². The highest BCUT2D eigenvalue weighted by atomic mass is 16.7. The third-order valence-corrected chi connectivity index (χ3v) is 4.21. The van der Waals surface area contributed by atoms with Crippen molar-refractivity contribution in [2.24, 2.45) is 0 Å². The van der Waals surface area contributed by atoms with Crippen LogP contribution in [0.1, 0.15) is 30.5 Å². The second-order valence-corrected chi connectivity index (χ2v) is 6.06. The Balaban J connectivity index is 1.76. The van der Waals surface area contributed by atoms with Crippen LogP contribution in [0.2, 0.25) is 0 Å². The van der Waals surface area contributed by atoms with Crippen molar-refractivity contribution in [3.05, 3.63) is 71.8 Å². The Morgan fingerprint density at radius 3 is 2.73 bits per heavy atom. The fourth-order valence-electron chi connectivity index (χ4n) is 2.84. The largest absolute Gasteiger partial charge is 0.463 e. The number of hydrogen-bond donors (Lipinski definition) is 1. The van der Waals surface area contributed by atoms with E-state index in [1.807, 2.05) is 36.4 Å². The molecule has 0 bridgehead atoms. The van der Waals surface area contributed by atoms with Gasteiger partial charge in [0.05, 0.1) is 6.61 Å². The molecule has 1 heterocycles. The maximum Gasteiger partial charge on any atom is 0.333 e. The van der Waals surface area contributed by atoms with Crippen LogP contribution in [0.4, 0.5) is 0 Å². The van der Waals surface area contributed by atoms with E-state index >= 15 is 0 Å². The number of benzene rings is 2. The van der Waals surface area contributed by atoms with Gasteiger partial charge in [-0.1, -0.05) is 43.0 Å². The third-order valence-electron chi connectivity index (χ3n) is 4.21. The summed E-state index contributed by atoms with van der Waals surface area (Å²) in [7, 11) is 0. The topological polar surface area (TPSA) is 56.8 Å². The number of ether oxygens (including phenoxy) is 3. The predicted molar refractivity (Wildman–Crippen MR) is 99.0 cm³/mol. The van der Waals surface area contributed by atoms with Crippen LogP contribution in [0.5, 0.6) is 11.5 Å². The molecule has 0 saturated heterocycles. The molecule has 0 aliphatic carbocycles. The smallest absolute Gasteiger partial charge is 0.333 e. The summed E-state index contributed by atoms with van der Waals surface area (Å²) in [6, 6.07) is 15.8. The fourth-order valence-corrected chi connectivity index (χ4v) is 2.84. The quantitative estimate of drug-likeness (QED) is 0.578. The predicted octanol–water partition coefficient (Wildman–Crippen LogP) is 3.76. The molecule has 2 aromatic carbocycles. The summed E-state index contributed by atoms with van der Waals surface area (Å²) in [5, 5.41) is 3.51. The first kappa shape index (κ1) is 18.0. The van der Waals surface area contributed by atoms with Gasteiger partial charge in [0.25, 0.3) is 0 Å². The molecule has 3 rings (SSSR count). The number of rotatable bonds is 8. The van der Waals surface area contributed by atoms with Gasteiger partial charge >= 0.3 is 5.97 Å². The van der Waals surface area contributed by atoms with Crippen molar-refractivity contribution in [1.82, 2.24) is 5.32 Å². The Bertz CT molecular complexity index is 773. The number of carbonyl (C=O) groups is 1. The molecule has 1 aliphatic heterocycles. The molecule has 0 fully saturated rings. The van der Waals surface area contributed by atoms with Gasteiger partial charge in [0.15, 0.2) is 11.5 Å². The van der Waals surface area contributed by atoms with Gasteiger partial charge < -0.3 is 19.5 Å². The van der Waals surface area contributed by atoms with Crippen LogP contribution in [-0.2, 0) is 16.1 Å². The van der Waals surface area contributed by atoms with Gasteiger partial charge in [0.2, 0.25) is 6.79 Å². The molecule has 0 unspecified atom stereocenters. The standard InChI is InChI=1S/C21H23NO4/c1-3-24-21(23)15(2)11-18(22-13-16-7-5-4-6-8-16)17-9-10-19-20(12-17)26-14-25-19/h4-10,12,18,22H,2-3,11,13-14H2,1H3/t18-/m1/s1. The highest BCUT2D eigenvalue weighted by Crippen LogP contribution is 2.35. The molecule has 0 radical (unpaired) electrons. The van der Waals surface area contributed by atoms with Gasteiger partial charge in [-0.05, 0) is 36.6 Å². The Labute approximate surface area is 153 Å². The molecule has 1 N–H and O–H groups in total. The summed E-state index contributed by atoms with van der Waals surface area (Å²) in [4.78, 5) is 12.0. The van der Waals surface area contributed by atoms with E-state index in [0.29, 0.717) is 25.1 Å². The van der Waals surface area contributed by atoms with Crippen LogP contribution in [0.25, 0.3) is 0 Å². The molecular formula is C21H23NO4. The maximum atomic E-state index is 12.0. The van der Waals surface area contributed by atoms with Crippen molar-refractivity contribution in [3.8, 4) is 11.5 Å². The van der Waals surface area contributed by atoms with Gasteiger partial charge in [-0.15, -0.1) is 0 Å². The SMILES string of the molecule is C=C(C[C@@H](NCc1ccccc1)c1ccc2c(c1)OCO2)C(=O)OCC. The molecule has 1 atom stereocenters. The number of esters is 1. The van der Waals surface area contributed by atoms with E-state index in [-0.39, 0.29) is 18.8 Å². The molecule has 0 spiro atoms. The van der Waals surface area contributed by atoms with Crippen molar-refractivity contribution in [2.75, 3.05) is 13.4 Å². The molecule has 1 aliphatic rings. The van der Waals surface area contributed by atoms with E-state index < -0.39 is 0 Å². The lowest BCUT2D eigenvalue weighted by Crippen LogP contribution is -2.23. The molecule has 0 saturated carbocycles. The minimum absolute atomic E-state index is 0.0957. The molecule has 0 amide bonds. The van der Waals surface area contributed by atoms with E-state index in [0.717, 1.165) is 17.1 Å². The Hall–Kier alpha value is -2.79. The van der Waals surface area contributed by atoms with Crippen molar-refractivity contribution < 1.29 is 19.0 Å². The zero-order valence-electron chi connectivity index (χ0n) is 14.9. The first-order valence-corrected chi connectivity index (χ1v) is 8.69. The zero-order valence-corrected chi connectivity index (χ0v) is 14.9. The number of nitrogens with one attached hydrogen (secondary N) is 1. The molecule has 26 heavy (non-hydrogen) atoms. The van der Waals surface area contributed by atoms with Crippen LogP contribution in [0, 0.1) is 0 Å². The zero-order chi connectivity index (χ0) is 18.4. The van der Waals surface area contributed by atoms with Crippen LogP contribution >= 0.6 is 0 Å². The second-order valence-electron chi connectivity index (χ2n) is 6.06. The van der Waals surface area contributed by atoms with Crippen LogP contribution < -0.4 is 14.8 Å². The summed E-state index contributed by atoms with van der Waals surface area (Å²) in [5.74, 6) is 1.09. The highest BCUT2D eigenvalue weighted by Gasteiger charge is 2.21. The molecule has 136 valence electrons. The Morgan fingerprint density at radius 1 is 1.19 bits per heavy atom. The Morgan fingerprint density at radius 2 is 1.96 bits per heavy atom. The van der Waals surface area contributed by atoms with Gasteiger partial charge in [-0.25, -0.2) is 4.79 Å². The summed E-state index contributed by atoms with van der Waals surface area (Å²) >= 11 is 0. The third kappa shape index (κ3) is 4.43. The second kappa shape index (κ2) is 8.54. The summed E-state index contributed by atoms with van der Waals surface area (Å²) in [6.45, 7) is 6.93. The number of fused-ring (bicyclic) bond motifs is 1. The average molecular weight is 353 g/mol. The van der Waals surface area contributed by atoms with Crippen LogP contribution in [-0.4, -0.2) is 19.4 Å². The summed E-state index contributed by atoms with van der Waals surface area (Å²) in [6.07, 6.45) is 0.450. The highest BCUT2D eigenvalue weighted by molar-refractivity contribution is 5.87. The fraction of sp³-hybridized carbons (Fsp3) is 0.286. The van der Waals surface area contributed by atoms with E-state index in [1.165, 1.54) is 5.56 Å². The van der Waals surface area contributed by atoms with E-state index in [4.69, 9.17) is 14.2 Å². The number of hydrogen-bond acceptors (Lipinski definition) is 5. The van der Waals surface area contributed by atoms with E-state index in [1.54, 1.807) is 6.92 Å². The average Bonchev–Trinajstić information content (AvgIpc) is 3.13. The first-order chi connectivity index (χ1) is 12.7. The minimum atomic E-state index is -0.361. The Kier molecular flexibility index (Phi) is 5.92. The van der Waals surface area contributed by atoms with Crippen LogP contribution in [0.3, 0.4) is 0 Å². The van der Waals surface area contributed by atoms with Crippen molar-refractivity contribution in [3.63, 3.8) is 0 Å². The van der Waals surface area contributed by atoms with E-state index in [2.05, 4.69) is 24.0 Å². The maximum absolute atomic E-state index is 12.0. The number of carbonyl (C=O) groups excluding carboxylic acids is 1. The lowest BCUT2D eigenvalue weighted by molar-refractivity contribution is -0.138. The molecule has 2 aromatic rings. The lowest BCUT2D eigenvalue weighted by Gasteiger charge is -2.20. The molecule has 5 heteroatoms. The van der Waals surface area contributed by atoms with Gasteiger partial charge in [0, 0.05) is 18.2 Å². The molecule has 5 nitrogen and oxygen atoms in total. The van der Waals surface area contributed by atoms with Gasteiger partial charge in [-0.2, -0.15) is 0 Å².